The highest BCUT2D eigenvalue weighted by Gasteiger charge is 2.45. The summed E-state index contributed by atoms with van der Waals surface area (Å²) in [4.78, 5) is 28.2. The molecule has 0 radical (unpaired) electrons. The van der Waals surface area contributed by atoms with Gasteiger partial charge in [-0.05, 0) is 43.9 Å². The Morgan fingerprint density at radius 1 is 1.17 bits per heavy atom. The zero-order valence-electron chi connectivity index (χ0n) is 18.6. The molecule has 6 heteroatoms. The summed E-state index contributed by atoms with van der Waals surface area (Å²) in [5.41, 5.74) is 8.65. The molecule has 6 nitrogen and oxygen atoms in total. The van der Waals surface area contributed by atoms with Crippen LogP contribution < -0.4 is 10.6 Å². The molecule has 1 aliphatic carbocycles. The highest BCUT2D eigenvalue weighted by atomic mass is 16.5. The SMILES string of the molecule is CCOC(=O)C1=C(N)OC2=C(C(=O)CC(C)(C)C2)[C@@H]1c1ccc(N(CC)CC)cc1. The molecule has 0 amide bonds. The fraction of sp³-hybridized carbons (Fsp3) is 0.500. The summed E-state index contributed by atoms with van der Waals surface area (Å²) in [6.07, 6.45) is 0.998. The lowest BCUT2D eigenvalue weighted by Gasteiger charge is -2.38. The molecule has 30 heavy (non-hydrogen) atoms. The van der Waals surface area contributed by atoms with Gasteiger partial charge in [0.05, 0.1) is 12.5 Å². The van der Waals surface area contributed by atoms with Gasteiger partial charge in [-0.3, -0.25) is 4.79 Å². The first kappa shape index (κ1) is 21.9. The van der Waals surface area contributed by atoms with E-state index >= 15 is 0 Å². The molecular weight excluding hydrogens is 380 g/mol. The lowest BCUT2D eigenvalue weighted by atomic mass is 9.70. The Kier molecular flexibility index (Phi) is 6.25. The first-order valence-corrected chi connectivity index (χ1v) is 10.7. The molecule has 0 spiro atoms. The largest absolute Gasteiger partial charge is 0.462 e. The van der Waals surface area contributed by atoms with E-state index in [1.54, 1.807) is 6.92 Å². The van der Waals surface area contributed by atoms with E-state index in [4.69, 9.17) is 15.2 Å². The second kappa shape index (κ2) is 8.54. The lowest BCUT2D eigenvalue weighted by Crippen LogP contribution is -2.35. The van der Waals surface area contributed by atoms with Crippen molar-refractivity contribution in [2.45, 2.75) is 53.4 Å². The van der Waals surface area contributed by atoms with Crippen LogP contribution in [-0.2, 0) is 19.1 Å². The molecule has 0 aromatic heterocycles. The van der Waals surface area contributed by atoms with Crippen LogP contribution in [0.25, 0.3) is 0 Å². The molecule has 0 fully saturated rings. The number of allylic oxidation sites excluding steroid dienone is 2. The van der Waals surface area contributed by atoms with Crippen LogP contribution in [0.2, 0.25) is 0 Å². The number of carbonyl (C=O) groups is 2. The molecule has 3 rings (SSSR count). The number of carbonyl (C=O) groups excluding carboxylic acids is 2. The number of ether oxygens (including phenoxy) is 2. The summed E-state index contributed by atoms with van der Waals surface area (Å²) in [5, 5.41) is 0. The van der Waals surface area contributed by atoms with Gasteiger partial charge in [-0.1, -0.05) is 26.0 Å². The van der Waals surface area contributed by atoms with Crippen molar-refractivity contribution in [2.75, 3.05) is 24.6 Å². The number of Topliss-reactive ketones (excluding diaryl/α,β-unsaturated/α-hetero) is 1. The summed E-state index contributed by atoms with van der Waals surface area (Å²) in [6, 6.07) is 7.98. The van der Waals surface area contributed by atoms with Crippen molar-refractivity contribution in [1.29, 1.82) is 0 Å². The normalized spacial score (nSPS) is 20.6. The Balaban J connectivity index is 2.11. The molecule has 1 aliphatic heterocycles. The van der Waals surface area contributed by atoms with Gasteiger partial charge in [0.25, 0.3) is 0 Å². The minimum absolute atomic E-state index is 0.00614. The first-order chi connectivity index (χ1) is 14.2. The van der Waals surface area contributed by atoms with Crippen LogP contribution in [0.4, 0.5) is 5.69 Å². The molecule has 1 atom stereocenters. The molecule has 0 bridgehead atoms. The standard InChI is InChI=1S/C24H32N2O4/c1-6-26(7-2)16-11-9-15(10-12-16)19-20-17(27)13-24(4,5)14-18(20)30-22(25)21(19)23(28)29-8-3/h9-12,19H,6-8,13-14,25H2,1-5H3/t19-/m0/s1. The van der Waals surface area contributed by atoms with Crippen LogP contribution in [0.1, 0.15) is 58.9 Å². The van der Waals surface area contributed by atoms with Crippen molar-refractivity contribution in [2.24, 2.45) is 11.1 Å². The molecule has 2 aliphatic rings. The Bertz CT molecular complexity index is 892. The Hall–Kier alpha value is -2.76. The van der Waals surface area contributed by atoms with Crippen molar-refractivity contribution in [3.63, 3.8) is 0 Å². The highest BCUT2D eigenvalue weighted by molar-refractivity contribution is 6.03. The van der Waals surface area contributed by atoms with E-state index in [1.165, 1.54) is 0 Å². The molecule has 1 heterocycles. The zero-order chi connectivity index (χ0) is 22.1. The Labute approximate surface area is 178 Å². The van der Waals surface area contributed by atoms with E-state index in [2.05, 4.69) is 18.7 Å². The number of nitrogens with zero attached hydrogens (tertiary/aromatic N) is 1. The second-order valence-electron chi connectivity index (χ2n) is 8.58. The van der Waals surface area contributed by atoms with E-state index < -0.39 is 11.9 Å². The van der Waals surface area contributed by atoms with Crippen LogP contribution >= 0.6 is 0 Å². The van der Waals surface area contributed by atoms with Crippen molar-refractivity contribution in [1.82, 2.24) is 0 Å². The van der Waals surface area contributed by atoms with E-state index in [0.29, 0.717) is 24.2 Å². The van der Waals surface area contributed by atoms with E-state index in [1.807, 2.05) is 38.1 Å². The van der Waals surface area contributed by atoms with Crippen LogP contribution in [0, 0.1) is 5.41 Å². The quantitative estimate of drug-likeness (QED) is 0.711. The van der Waals surface area contributed by atoms with E-state index in [-0.39, 0.29) is 29.3 Å². The van der Waals surface area contributed by atoms with Crippen molar-refractivity contribution >= 4 is 17.4 Å². The number of benzene rings is 1. The number of nitrogens with two attached hydrogens (primary N) is 1. The van der Waals surface area contributed by atoms with E-state index in [9.17, 15) is 9.59 Å². The molecule has 1 aromatic rings. The predicted octanol–water partition coefficient (Wildman–Crippen LogP) is 4.02. The smallest absolute Gasteiger partial charge is 0.340 e. The fourth-order valence-electron chi connectivity index (χ4n) is 4.39. The van der Waals surface area contributed by atoms with Gasteiger partial charge >= 0.3 is 5.97 Å². The van der Waals surface area contributed by atoms with Crippen LogP contribution in [0.3, 0.4) is 0 Å². The summed E-state index contributed by atoms with van der Waals surface area (Å²) in [5.74, 6) is -0.539. The van der Waals surface area contributed by atoms with Gasteiger partial charge < -0.3 is 20.1 Å². The third kappa shape index (κ3) is 4.09. The number of anilines is 1. The van der Waals surface area contributed by atoms with Crippen molar-refractivity contribution < 1.29 is 19.1 Å². The summed E-state index contributed by atoms with van der Waals surface area (Å²) < 4.78 is 11.1. The van der Waals surface area contributed by atoms with Crippen LogP contribution in [0.15, 0.2) is 47.1 Å². The Morgan fingerprint density at radius 3 is 2.37 bits per heavy atom. The van der Waals surface area contributed by atoms with Gasteiger partial charge in [0.1, 0.15) is 11.3 Å². The number of esters is 1. The number of hydrogen-bond acceptors (Lipinski definition) is 6. The van der Waals surface area contributed by atoms with Crippen LogP contribution in [-0.4, -0.2) is 31.4 Å². The highest BCUT2D eigenvalue weighted by Crippen LogP contribution is 2.48. The molecule has 0 saturated heterocycles. The fourth-order valence-corrected chi connectivity index (χ4v) is 4.39. The summed E-state index contributed by atoms with van der Waals surface area (Å²) in [7, 11) is 0. The third-order valence-electron chi connectivity index (χ3n) is 5.81. The predicted molar refractivity (Wildman–Crippen MR) is 117 cm³/mol. The molecule has 162 valence electrons. The molecule has 0 saturated carbocycles. The topological polar surface area (TPSA) is 81.9 Å². The van der Waals surface area contributed by atoms with Crippen LogP contribution in [0.5, 0.6) is 0 Å². The minimum atomic E-state index is -0.581. The third-order valence-corrected chi connectivity index (χ3v) is 5.81. The van der Waals surface area contributed by atoms with Gasteiger partial charge in [-0.25, -0.2) is 4.79 Å². The minimum Gasteiger partial charge on any atom is -0.462 e. The second-order valence-corrected chi connectivity index (χ2v) is 8.58. The average Bonchev–Trinajstić information content (AvgIpc) is 2.67. The average molecular weight is 413 g/mol. The summed E-state index contributed by atoms with van der Waals surface area (Å²) in [6.45, 7) is 12.0. The van der Waals surface area contributed by atoms with Gasteiger partial charge in [0.15, 0.2) is 5.78 Å². The monoisotopic (exact) mass is 412 g/mol. The number of rotatable bonds is 6. The van der Waals surface area contributed by atoms with E-state index in [0.717, 1.165) is 24.3 Å². The Morgan fingerprint density at radius 2 is 1.80 bits per heavy atom. The maximum atomic E-state index is 13.2. The van der Waals surface area contributed by atoms with Gasteiger partial charge in [0, 0.05) is 37.2 Å². The first-order valence-electron chi connectivity index (χ1n) is 10.7. The molecule has 1 aromatic carbocycles. The lowest BCUT2D eigenvalue weighted by molar-refractivity contribution is -0.139. The van der Waals surface area contributed by atoms with Crippen molar-refractivity contribution in [3.05, 3.63) is 52.6 Å². The molecule has 0 unspecified atom stereocenters. The van der Waals surface area contributed by atoms with Gasteiger partial charge in [-0.15, -0.1) is 0 Å². The number of hydrogen-bond donors (Lipinski definition) is 1. The molecule has 2 N–H and O–H groups in total. The van der Waals surface area contributed by atoms with Gasteiger partial charge in [0.2, 0.25) is 5.88 Å². The summed E-state index contributed by atoms with van der Waals surface area (Å²) >= 11 is 0. The van der Waals surface area contributed by atoms with Crippen molar-refractivity contribution in [3.8, 4) is 0 Å². The maximum Gasteiger partial charge on any atom is 0.340 e. The van der Waals surface area contributed by atoms with Gasteiger partial charge in [-0.2, -0.15) is 0 Å². The zero-order valence-corrected chi connectivity index (χ0v) is 18.6. The maximum absolute atomic E-state index is 13.2. The number of ketones is 1. The molecular formula is C24H32N2O4.